The lowest BCUT2D eigenvalue weighted by atomic mass is 9.88. The topological polar surface area (TPSA) is 69.1 Å². The molecule has 94 valence electrons. The zero-order chi connectivity index (χ0) is 12.1. The molecule has 2 rings (SSSR count). The molecular weight excluding hydrogens is 214 g/mol. The van der Waals surface area contributed by atoms with Crippen LogP contribution in [0.25, 0.3) is 0 Å². The number of aliphatic imine (C=N–C) groups is 1. The summed E-state index contributed by atoms with van der Waals surface area (Å²) < 4.78 is 2.00. The van der Waals surface area contributed by atoms with Crippen LogP contribution in [-0.4, -0.2) is 20.6 Å². The highest BCUT2D eigenvalue weighted by atomic mass is 15.3. The molecule has 5 nitrogen and oxygen atoms in total. The monoisotopic (exact) mass is 235 g/mol. The van der Waals surface area contributed by atoms with Gasteiger partial charge >= 0.3 is 0 Å². The van der Waals surface area contributed by atoms with E-state index in [0.717, 1.165) is 18.2 Å². The van der Waals surface area contributed by atoms with Crippen LogP contribution in [0.5, 0.6) is 0 Å². The maximum atomic E-state index is 6.05. The molecule has 1 saturated carbocycles. The first-order valence-electron chi connectivity index (χ1n) is 6.47. The minimum absolute atomic E-state index is 0.488. The molecule has 2 N–H and O–H groups in total. The lowest BCUT2D eigenvalue weighted by Crippen LogP contribution is -2.26. The van der Waals surface area contributed by atoms with Crippen LogP contribution in [0.4, 0.5) is 0 Å². The number of aromatic nitrogens is 3. The van der Waals surface area contributed by atoms with Crippen LogP contribution in [0.3, 0.4) is 0 Å². The SMILES string of the molecule is CCn1cnnc1CN=C(N)C1CCCCC1. The minimum atomic E-state index is 0.488. The Morgan fingerprint density at radius 3 is 2.94 bits per heavy atom. The molecule has 0 spiro atoms. The van der Waals surface area contributed by atoms with Crippen LogP contribution in [0.1, 0.15) is 44.9 Å². The zero-order valence-electron chi connectivity index (χ0n) is 10.5. The third kappa shape index (κ3) is 3.05. The number of amidine groups is 1. The largest absolute Gasteiger partial charge is 0.387 e. The summed E-state index contributed by atoms with van der Waals surface area (Å²) in [5.41, 5.74) is 6.05. The summed E-state index contributed by atoms with van der Waals surface area (Å²) in [4.78, 5) is 4.47. The van der Waals surface area contributed by atoms with Gasteiger partial charge in [-0.2, -0.15) is 0 Å². The number of hydrogen-bond donors (Lipinski definition) is 1. The third-order valence-corrected chi connectivity index (χ3v) is 3.46. The zero-order valence-corrected chi connectivity index (χ0v) is 10.5. The first-order valence-corrected chi connectivity index (χ1v) is 6.47. The van der Waals surface area contributed by atoms with E-state index in [1.165, 1.54) is 32.1 Å². The van der Waals surface area contributed by atoms with E-state index in [9.17, 15) is 0 Å². The Bertz CT molecular complexity index is 376. The molecule has 1 aromatic heterocycles. The van der Waals surface area contributed by atoms with Crippen LogP contribution in [-0.2, 0) is 13.1 Å². The smallest absolute Gasteiger partial charge is 0.154 e. The first kappa shape index (κ1) is 12.1. The highest BCUT2D eigenvalue weighted by Crippen LogP contribution is 2.23. The van der Waals surface area contributed by atoms with Gasteiger partial charge in [0, 0.05) is 12.5 Å². The van der Waals surface area contributed by atoms with Crippen LogP contribution < -0.4 is 5.73 Å². The van der Waals surface area contributed by atoms with Crippen LogP contribution >= 0.6 is 0 Å². The molecule has 1 aliphatic carbocycles. The van der Waals surface area contributed by atoms with Crippen molar-refractivity contribution >= 4 is 5.84 Å². The Kier molecular flexibility index (Phi) is 4.12. The van der Waals surface area contributed by atoms with Crippen molar-refractivity contribution in [3.8, 4) is 0 Å². The van der Waals surface area contributed by atoms with E-state index >= 15 is 0 Å². The molecule has 5 heteroatoms. The van der Waals surface area contributed by atoms with E-state index < -0.39 is 0 Å². The maximum absolute atomic E-state index is 6.05. The van der Waals surface area contributed by atoms with Gasteiger partial charge in [-0.05, 0) is 19.8 Å². The minimum Gasteiger partial charge on any atom is -0.387 e. The van der Waals surface area contributed by atoms with Gasteiger partial charge in [-0.1, -0.05) is 19.3 Å². The Hall–Kier alpha value is -1.39. The summed E-state index contributed by atoms with van der Waals surface area (Å²) in [6.07, 6.45) is 8.03. The van der Waals surface area contributed by atoms with Gasteiger partial charge in [-0.15, -0.1) is 10.2 Å². The molecular formula is C12H21N5. The summed E-state index contributed by atoms with van der Waals surface area (Å²) in [7, 11) is 0. The van der Waals surface area contributed by atoms with Crippen molar-refractivity contribution in [1.29, 1.82) is 0 Å². The van der Waals surface area contributed by atoms with E-state index in [1.807, 2.05) is 4.57 Å². The maximum Gasteiger partial charge on any atom is 0.154 e. The molecule has 0 atom stereocenters. The predicted molar refractivity (Wildman–Crippen MR) is 67.6 cm³/mol. The summed E-state index contributed by atoms with van der Waals surface area (Å²) in [5.74, 6) is 2.18. The average molecular weight is 235 g/mol. The summed E-state index contributed by atoms with van der Waals surface area (Å²) in [5, 5.41) is 7.94. The fraction of sp³-hybridized carbons (Fsp3) is 0.750. The number of aryl methyl sites for hydroxylation is 1. The fourth-order valence-electron chi connectivity index (χ4n) is 2.35. The van der Waals surface area contributed by atoms with Crippen molar-refractivity contribution in [2.45, 2.75) is 52.1 Å². The third-order valence-electron chi connectivity index (χ3n) is 3.46. The standard InChI is InChI=1S/C12H21N5/c1-2-17-9-15-16-11(17)8-14-12(13)10-6-4-3-5-7-10/h9-10H,2-8H2,1H3,(H2,13,14). The quantitative estimate of drug-likeness (QED) is 0.638. The van der Waals surface area contributed by atoms with Gasteiger partial charge in [-0.3, -0.25) is 4.99 Å². The van der Waals surface area contributed by atoms with E-state index in [0.29, 0.717) is 12.5 Å². The molecule has 0 amide bonds. The van der Waals surface area contributed by atoms with E-state index in [1.54, 1.807) is 6.33 Å². The Morgan fingerprint density at radius 2 is 2.24 bits per heavy atom. The van der Waals surface area contributed by atoms with Crippen molar-refractivity contribution < 1.29 is 0 Å². The molecule has 0 aromatic carbocycles. The van der Waals surface area contributed by atoms with E-state index in [4.69, 9.17) is 5.73 Å². The van der Waals surface area contributed by atoms with Crippen molar-refractivity contribution in [3.63, 3.8) is 0 Å². The Balaban J connectivity index is 1.95. The normalized spacial score (nSPS) is 18.5. The van der Waals surface area contributed by atoms with Gasteiger partial charge in [-0.25, -0.2) is 0 Å². The van der Waals surface area contributed by atoms with Crippen molar-refractivity contribution in [3.05, 3.63) is 12.2 Å². The number of rotatable bonds is 4. The number of nitrogens with zero attached hydrogens (tertiary/aromatic N) is 4. The molecule has 0 saturated heterocycles. The first-order chi connectivity index (χ1) is 8.31. The van der Waals surface area contributed by atoms with Crippen molar-refractivity contribution in [2.75, 3.05) is 0 Å². The van der Waals surface area contributed by atoms with Crippen molar-refractivity contribution in [1.82, 2.24) is 14.8 Å². The van der Waals surface area contributed by atoms with Gasteiger partial charge in [0.25, 0.3) is 0 Å². The van der Waals surface area contributed by atoms with Crippen LogP contribution in [0, 0.1) is 5.92 Å². The molecule has 0 aliphatic heterocycles. The second-order valence-corrected chi connectivity index (χ2v) is 4.61. The molecule has 17 heavy (non-hydrogen) atoms. The molecule has 1 fully saturated rings. The summed E-state index contributed by atoms with van der Waals surface area (Å²) in [6, 6.07) is 0. The molecule has 0 radical (unpaired) electrons. The Labute approximate surface area is 102 Å². The number of nitrogens with two attached hydrogens (primary N) is 1. The van der Waals surface area contributed by atoms with E-state index in [-0.39, 0.29) is 0 Å². The fourth-order valence-corrected chi connectivity index (χ4v) is 2.35. The van der Waals surface area contributed by atoms with E-state index in [2.05, 4.69) is 22.1 Å². The highest BCUT2D eigenvalue weighted by molar-refractivity contribution is 5.82. The highest BCUT2D eigenvalue weighted by Gasteiger charge is 2.16. The van der Waals surface area contributed by atoms with Gasteiger partial charge < -0.3 is 10.3 Å². The lowest BCUT2D eigenvalue weighted by Gasteiger charge is -2.20. The molecule has 1 heterocycles. The molecule has 0 unspecified atom stereocenters. The predicted octanol–water partition coefficient (Wildman–Crippen LogP) is 1.74. The molecule has 1 aromatic rings. The Morgan fingerprint density at radius 1 is 1.47 bits per heavy atom. The van der Waals surface area contributed by atoms with Gasteiger partial charge in [0.05, 0.1) is 5.84 Å². The van der Waals surface area contributed by atoms with Gasteiger partial charge in [0.1, 0.15) is 12.9 Å². The van der Waals surface area contributed by atoms with Gasteiger partial charge in [0.2, 0.25) is 0 Å². The molecule has 0 bridgehead atoms. The number of hydrogen-bond acceptors (Lipinski definition) is 3. The lowest BCUT2D eigenvalue weighted by molar-refractivity contribution is 0.436. The molecule has 1 aliphatic rings. The summed E-state index contributed by atoms with van der Waals surface area (Å²) in [6.45, 7) is 3.50. The van der Waals surface area contributed by atoms with Crippen LogP contribution in [0.15, 0.2) is 11.3 Å². The van der Waals surface area contributed by atoms with Crippen LogP contribution in [0.2, 0.25) is 0 Å². The second-order valence-electron chi connectivity index (χ2n) is 4.61. The van der Waals surface area contributed by atoms with Gasteiger partial charge in [0.15, 0.2) is 5.82 Å². The summed E-state index contributed by atoms with van der Waals surface area (Å²) >= 11 is 0. The van der Waals surface area contributed by atoms with Crippen molar-refractivity contribution in [2.24, 2.45) is 16.6 Å². The second kappa shape index (κ2) is 5.80. The average Bonchev–Trinajstić information content (AvgIpc) is 2.84.